The second kappa shape index (κ2) is 16.3. The fraction of sp³-hybridized carbons (Fsp3) is 0.710. The smallest absolute Gasteiger partial charge is 0.411 e. The summed E-state index contributed by atoms with van der Waals surface area (Å²) in [5.41, 5.74) is 0.746. The average Bonchev–Trinajstić information content (AvgIpc) is 3.43. The predicted octanol–water partition coefficient (Wildman–Crippen LogP) is 6.15. The lowest BCUT2D eigenvalue weighted by molar-refractivity contribution is -0.125. The van der Waals surface area contributed by atoms with E-state index in [1.165, 1.54) is 37.7 Å². The molecule has 2 saturated heterocycles. The topological polar surface area (TPSA) is 73.9 Å². The maximum absolute atomic E-state index is 13.5. The number of thiocarbonyl (C=S) groups is 1. The highest BCUT2D eigenvalue weighted by molar-refractivity contribution is 7.99. The summed E-state index contributed by atoms with van der Waals surface area (Å²) >= 11 is 7.54. The zero-order chi connectivity index (χ0) is 28.5. The SMILES string of the molecule is CC(C)(C)OC(=O)N1CSC[C@H]1C(=O)N[C@H](CCC1CCCCC1)C(=S)NC1CCN(Cc2ccccc2)CC1.Cl. The van der Waals surface area contributed by atoms with Gasteiger partial charge in [-0.25, -0.2) is 4.79 Å². The van der Waals surface area contributed by atoms with Crippen LogP contribution in [0.1, 0.15) is 84.1 Å². The van der Waals surface area contributed by atoms with Gasteiger partial charge in [0.05, 0.1) is 16.9 Å². The highest BCUT2D eigenvalue weighted by Gasteiger charge is 2.38. The van der Waals surface area contributed by atoms with Gasteiger partial charge in [-0.3, -0.25) is 14.6 Å². The van der Waals surface area contributed by atoms with Crippen LogP contribution in [0.2, 0.25) is 0 Å². The Labute approximate surface area is 262 Å². The van der Waals surface area contributed by atoms with Crippen LogP contribution < -0.4 is 10.6 Å². The molecule has 4 rings (SSSR count). The fourth-order valence-corrected chi connectivity index (χ4v) is 7.44. The molecule has 0 bridgehead atoms. The summed E-state index contributed by atoms with van der Waals surface area (Å²) in [7, 11) is 0. The fourth-order valence-electron chi connectivity index (χ4n) is 5.95. The third-order valence-corrected chi connectivity index (χ3v) is 9.63. The first-order chi connectivity index (χ1) is 19.2. The van der Waals surface area contributed by atoms with Crippen LogP contribution in [0.25, 0.3) is 0 Å². The van der Waals surface area contributed by atoms with Crippen molar-refractivity contribution in [1.82, 2.24) is 20.4 Å². The number of hydrogen-bond acceptors (Lipinski definition) is 6. The van der Waals surface area contributed by atoms with Crippen molar-refractivity contribution in [3.8, 4) is 0 Å². The summed E-state index contributed by atoms with van der Waals surface area (Å²) in [4.78, 5) is 31.1. The molecule has 2 heterocycles. The molecule has 2 aliphatic heterocycles. The van der Waals surface area contributed by atoms with Crippen molar-refractivity contribution in [2.75, 3.05) is 24.7 Å². The Kier molecular flexibility index (Phi) is 13.5. The lowest BCUT2D eigenvalue weighted by atomic mass is 9.85. The number of thioether (sulfide) groups is 1. The van der Waals surface area contributed by atoms with Crippen LogP contribution in [-0.2, 0) is 16.1 Å². The number of hydrogen-bond donors (Lipinski definition) is 2. The third kappa shape index (κ3) is 10.9. The van der Waals surface area contributed by atoms with Gasteiger partial charge in [0.1, 0.15) is 11.6 Å². The third-order valence-electron chi connectivity index (χ3n) is 8.22. The van der Waals surface area contributed by atoms with Gasteiger partial charge in [0.15, 0.2) is 0 Å². The van der Waals surface area contributed by atoms with Crippen molar-refractivity contribution in [2.24, 2.45) is 5.92 Å². The monoisotopic (exact) mass is 624 g/mol. The number of likely N-dealkylation sites (tertiary alicyclic amines) is 1. The number of carbonyl (C=O) groups excluding carboxylic acids is 2. The molecule has 2 atom stereocenters. The Morgan fingerprint density at radius 1 is 1.07 bits per heavy atom. The quantitative estimate of drug-likeness (QED) is 0.320. The second-order valence-electron chi connectivity index (χ2n) is 12.7. The molecule has 230 valence electrons. The predicted molar refractivity (Wildman–Crippen MR) is 175 cm³/mol. The van der Waals surface area contributed by atoms with Gasteiger partial charge in [0.25, 0.3) is 0 Å². The summed E-state index contributed by atoms with van der Waals surface area (Å²) in [5, 5.41) is 6.89. The van der Waals surface area contributed by atoms with Crippen molar-refractivity contribution in [1.29, 1.82) is 0 Å². The number of ether oxygens (including phenoxy) is 1. The van der Waals surface area contributed by atoms with E-state index >= 15 is 0 Å². The van der Waals surface area contributed by atoms with Crippen molar-refractivity contribution in [3.05, 3.63) is 35.9 Å². The van der Waals surface area contributed by atoms with Crippen LogP contribution in [0, 0.1) is 5.92 Å². The molecule has 1 aromatic rings. The van der Waals surface area contributed by atoms with Gasteiger partial charge in [0, 0.05) is 31.4 Å². The van der Waals surface area contributed by atoms with E-state index in [1.807, 2.05) is 20.8 Å². The molecule has 0 aromatic heterocycles. The molecule has 1 aromatic carbocycles. The number of carbonyl (C=O) groups is 2. The van der Waals surface area contributed by atoms with E-state index in [1.54, 1.807) is 16.7 Å². The molecule has 3 fully saturated rings. The van der Waals surface area contributed by atoms with Crippen molar-refractivity contribution in [3.63, 3.8) is 0 Å². The Bertz CT molecular complexity index is 979. The summed E-state index contributed by atoms with van der Waals surface area (Å²) in [6, 6.07) is 10.2. The summed E-state index contributed by atoms with van der Waals surface area (Å²) in [6.45, 7) is 8.57. The Hall–Kier alpha value is -1.55. The van der Waals surface area contributed by atoms with Crippen LogP contribution in [0.5, 0.6) is 0 Å². The molecule has 1 saturated carbocycles. The molecule has 41 heavy (non-hydrogen) atoms. The molecule has 1 aliphatic carbocycles. The molecular weight excluding hydrogens is 576 g/mol. The second-order valence-corrected chi connectivity index (χ2v) is 14.1. The summed E-state index contributed by atoms with van der Waals surface area (Å²) in [6.07, 6.45) is 10.0. The van der Waals surface area contributed by atoms with E-state index in [0.29, 0.717) is 23.6 Å². The van der Waals surface area contributed by atoms with E-state index in [2.05, 4.69) is 45.9 Å². The maximum Gasteiger partial charge on any atom is 0.411 e. The molecule has 0 radical (unpaired) electrons. The normalized spacial score (nSPS) is 21.5. The number of nitrogens with one attached hydrogen (secondary N) is 2. The number of amides is 2. The number of benzene rings is 1. The van der Waals surface area contributed by atoms with Crippen molar-refractivity contribution in [2.45, 2.75) is 109 Å². The summed E-state index contributed by atoms with van der Waals surface area (Å²) in [5.74, 6) is 1.61. The first-order valence-electron chi connectivity index (χ1n) is 15.1. The largest absolute Gasteiger partial charge is 0.444 e. The van der Waals surface area contributed by atoms with Crippen LogP contribution in [-0.4, -0.2) is 75.2 Å². The van der Waals surface area contributed by atoms with Gasteiger partial charge in [0.2, 0.25) is 5.91 Å². The van der Waals surface area contributed by atoms with E-state index in [-0.39, 0.29) is 24.4 Å². The molecule has 0 unspecified atom stereocenters. The van der Waals surface area contributed by atoms with Gasteiger partial charge in [-0.05, 0) is 57.9 Å². The van der Waals surface area contributed by atoms with Crippen LogP contribution in [0.4, 0.5) is 4.79 Å². The average molecular weight is 625 g/mol. The maximum atomic E-state index is 13.5. The minimum Gasteiger partial charge on any atom is -0.444 e. The van der Waals surface area contributed by atoms with E-state index in [4.69, 9.17) is 17.0 Å². The number of halogens is 1. The van der Waals surface area contributed by atoms with Crippen LogP contribution in [0.3, 0.4) is 0 Å². The van der Waals surface area contributed by atoms with Crippen LogP contribution in [0.15, 0.2) is 30.3 Å². The van der Waals surface area contributed by atoms with Crippen molar-refractivity contribution < 1.29 is 14.3 Å². The molecule has 2 amide bonds. The van der Waals surface area contributed by atoms with E-state index in [9.17, 15) is 9.59 Å². The molecule has 2 N–H and O–H groups in total. The Morgan fingerprint density at radius 3 is 2.41 bits per heavy atom. The van der Waals surface area contributed by atoms with Gasteiger partial charge < -0.3 is 15.4 Å². The highest BCUT2D eigenvalue weighted by atomic mass is 35.5. The van der Waals surface area contributed by atoms with Gasteiger partial charge in [-0.1, -0.05) is 74.7 Å². The zero-order valence-corrected chi connectivity index (χ0v) is 27.4. The summed E-state index contributed by atoms with van der Waals surface area (Å²) < 4.78 is 5.58. The van der Waals surface area contributed by atoms with E-state index in [0.717, 1.165) is 50.3 Å². The zero-order valence-electron chi connectivity index (χ0n) is 24.9. The minimum atomic E-state index is -0.601. The van der Waals surface area contributed by atoms with E-state index < -0.39 is 17.7 Å². The number of nitrogens with zero attached hydrogens (tertiary/aromatic N) is 2. The molecule has 7 nitrogen and oxygen atoms in total. The van der Waals surface area contributed by atoms with Crippen LogP contribution >= 0.6 is 36.4 Å². The van der Waals surface area contributed by atoms with Gasteiger partial charge in [-0.15, -0.1) is 24.2 Å². The number of piperidine rings is 1. The lowest BCUT2D eigenvalue weighted by Crippen LogP contribution is -2.55. The molecule has 3 aliphatic rings. The number of rotatable bonds is 9. The first-order valence-corrected chi connectivity index (χ1v) is 16.7. The minimum absolute atomic E-state index is 0. The lowest BCUT2D eigenvalue weighted by Gasteiger charge is -2.35. The first kappa shape index (κ1) is 33.9. The standard InChI is InChI=1S/C31H48N4O3S2.ClH/c1-31(2,3)38-30(37)35-22-40-21-27(35)28(36)33-26(15-14-23-10-6-4-7-11-23)29(39)32-25-16-18-34(19-17-25)20-24-12-8-5-9-13-24;/h5,8-9,12-13,23,25-27H,4,6-7,10-11,14-22H2,1-3H3,(H,32,39)(H,33,36);1H/t26-,27+;/m1./s1. The molecule has 10 heteroatoms. The molecular formula is C31H49ClN4O3S2. The van der Waals surface area contributed by atoms with Gasteiger partial charge in [-0.2, -0.15) is 0 Å². The molecule has 0 spiro atoms. The van der Waals surface area contributed by atoms with Crippen molar-refractivity contribution >= 4 is 53.4 Å². The van der Waals surface area contributed by atoms with Gasteiger partial charge >= 0.3 is 6.09 Å². The Balaban J connectivity index is 0.00000462. The highest BCUT2D eigenvalue weighted by Crippen LogP contribution is 2.28. The Morgan fingerprint density at radius 2 is 1.76 bits per heavy atom.